The molecule has 1 fully saturated rings. The van der Waals surface area contributed by atoms with Gasteiger partial charge in [0.2, 0.25) is 0 Å². The first kappa shape index (κ1) is 14.2. The molecule has 0 bridgehead atoms. The van der Waals surface area contributed by atoms with E-state index in [0.717, 1.165) is 18.7 Å². The summed E-state index contributed by atoms with van der Waals surface area (Å²) in [6.45, 7) is 1.88. The van der Waals surface area contributed by atoms with E-state index in [1.807, 2.05) is 18.5 Å². The first-order chi connectivity index (χ1) is 10.3. The van der Waals surface area contributed by atoms with E-state index in [9.17, 15) is 4.39 Å². The molecule has 0 saturated carbocycles. The van der Waals surface area contributed by atoms with Crippen LogP contribution in [0.1, 0.15) is 42.9 Å². The first-order valence-electron chi connectivity index (χ1n) is 7.71. The first-order valence-corrected chi connectivity index (χ1v) is 7.71. The number of hydrogen-bond acceptors (Lipinski definition) is 2. The molecule has 3 heteroatoms. The summed E-state index contributed by atoms with van der Waals surface area (Å²) in [6, 6.07) is 11.6. The van der Waals surface area contributed by atoms with Crippen molar-refractivity contribution < 1.29 is 4.39 Å². The molecule has 3 rings (SSSR count). The fourth-order valence-electron chi connectivity index (χ4n) is 3.19. The van der Waals surface area contributed by atoms with Crippen molar-refractivity contribution in [2.24, 2.45) is 0 Å². The Morgan fingerprint density at radius 3 is 2.76 bits per heavy atom. The van der Waals surface area contributed by atoms with Crippen LogP contribution in [0, 0.1) is 5.82 Å². The zero-order valence-corrected chi connectivity index (χ0v) is 12.2. The third-order valence-corrected chi connectivity index (χ3v) is 4.23. The van der Waals surface area contributed by atoms with Crippen molar-refractivity contribution in [3.63, 3.8) is 0 Å². The normalized spacial score (nSPS) is 20.1. The van der Waals surface area contributed by atoms with Gasteiger partial charge in [0.1, 0.15) is 5.82 Å². The standard InChI is InChI=1S/C18H21FN2/c19-17-6-4-5-15(13-17)14-21-12-3-1-2-7-18(21)16-8-10-20-11-9-16/h4-6,8-11,13,18H,1-3,7,12,14H2. The lowest BCUT2D eigenvalue weighted by Gasteiger charge is -2.30. The molecule has 1 atom stereocenters. The zero-order valence-electron chi connectivity index (χ0n) is 12.2. The molecule has 2 aromatic rings. The van der Waals surface area contributed by atoms with Gasteiger partial charge in [-0.3, -0.25) is 9.88 Å². The van der Waals surface area contributed by atoms with E-state index < -0.39 is 0 Å². The molecule has 21 heavy (non-hydrogen) atoms. The molecule has 0 spiro atoms. The quantitative estimate of drug-likeness (QED) is 0.833. The Bertz CT molecular complexity index is 570. The highest BCUT2D eigenvalue weighted by Gasteiger charge is 2.22. The smallest absolute Gasteiger partial charge is 0.123 e. The molecule has 110 valence electrons. The summed E-state index contributed by atoms with van der Waals surface area (Å²) in [5.74, 6) is -0.150. The van der Waals surface area contributed by atoms with Crippen LogP contribution in [0.25, 0.3) is 0 Å². The summed E-state index contributed by atoms with van der Waals surface area (Å²) in [5, 5.41) is 0. The van der Waals surface area contributed by atoms with E-state index in [1.54, 1.807) is 12.1 Å². The van der Waals surface area contributed by atoms with E-state index in [2.05, 4.69) is 22.0 Å². The number of hydrogen-bond donors (Lipinski definition) is 0. The number of halogens is 1. The van der Waals surface area contributed by atoms with Crippen LogP contribution in [0.3, 0.4) is 0 Å². The lowest BCUT2D eigenvalue weighted by Crippen LogP contribution is -2.28. The van der Waals surface area contributed by atoms with Crippen molar-refractivity contribution >= 4 is 0 Å². The molecule has 0 aliphatic carbocycles. The molecule has 1 aliphatic heterocycles. The van der Waals surface area contributed by atoms with Crippen molar-refractivity contribution in [3.8, 4) is 0 Å². The molecular formula is C18H21FN2. The highest BCUT2D eigenvalue weighted by molar-refractivity contribution is 5.19. The number of likely N-dealkylation sites (tertiary alicyclic amines) is 1. The van der Waals surface area contributed by atoms with E-state index in [-0.39, 0.29) is 5.82 Å². The van der Waals surface area contributed by atoms with Crippen molar-refractivity contribution in [3.05, 3.63) is 65.7 Å². The minimum absolute atomic E-state index is 0.150. The Morgan fingerprint density at radius 2 is 1.95 bits per heavy atom. The SMILES string of the molecule is Fc1cccc(CN2CCCCCC2c2ccncc2)c1. The zero-order chi connectivity index (χ0) is 14.5. The molecule has 0 radical (unpaired) electrons. The number of benzene rings is 1. The van der Waals surface area contributed by atoms with E-state index >= 15 is 0 Å². The molecule has 1 aromatic heterocycles. The number of nitrogens with zero attached hydrogens (tertiary/aromatic N) is 2. The molecule has 1 aliphatic rings. The summed E-state index contributed by atoms with van der Waals surface area (Å²) in [6.07, 6.45) is 8.64. The van der Waals surface area contributed by atoms with Crippen LogP contribution in [0.5, 0.6) is 0 Å². The minimum atomic E-state index is -0.150. The monoisotopic (exact) mass is 284 g/mol. The molecule has 1 unspecified atom stereocenters. The molecule has 0 N–H and O–H groups in total. The predicted molar refractivity (Wildman–Crippen MR) is 82.3 cm³/mol. The maximum atomic E-state index is 13.4. The lowest BCUT2D eigenvalue weighted by atomic mass is 10.0. The topological polar surface area (TPSA) is 16.1 Å². The summed E-state index contributed by atoms with van der Waals surface area (Å²) < 4.78 is 13.4. The van der Waals surface area contributed by atoms with Gasteiger partial charge in [0.15, 0.2) is 0 Å². The summed E-state index contributed by atoms with van der Waals surface area (Å²) in [7, 11) is 0. The van der Waals surface area contributed by atoms with Crippen LogP contribution < -0.4 is 0 Å². The molecular weight excluding hydrogens is 263 g/mol. The largest absolute Gasteiger partial charge is 0.292 e. The Labute approximate surface area is 125 Å². The number of pyridine rings is 1. The third kappa shape index (κ3) is 3.67. The van der Waals surface area contributed by atoms with Gasteiger partial charge in [0, 0.05) is 25.0 Å². The molecule has 2 nitrogen and oxygen atoms in total. The van der Waals surface area contributed by atoms with Gasteiger partial charge in [0.05, 0.1) is 0 Å². The lowest BCUT2D eigenvalue weighted by molar-refractivity contribution is 0.192. The highest BCUT2D eigenvalue weighted by Crippen LogP contribution is 2.31. The second kappa shape index (κ2) is 6.81. The third-order valence-electron chi connectivity index (χ3n) is 4.23. The Morgan fingerprint density at radius 1 is 1.10 bits per heavy atom. The van der Waals surface area contributed by atoms with Crippen molar-refractivity contribution in [1.82, 2.24) is 9.88 Å². The average Bonchev–Trinajstić information content (AvgIpc) is 2.74. The van der Waals surface area contributed by atoms with Crippen LogP contribution in [0.15, 0.2) is 48.8 Å². The number of aromatic nitrogens is 1. The van der Waals surface area contributed by atoms with E-state index in [1.165, 1.54) is 37.3 Å². The summed E-state index contributed by atoms with van der Waals surface area (Å²) in [5.41, 5.74) is 2.37. The maximum absolute atomic E-state index is 13.4. The summed E-state index contributed by atoms with van der Waals surface area (Å²) in [4.78, 5) is 6.60. The van der Waals surface area contributed by atoms with Crippen molar-refractivity contribution in [2.75, 3.05) is 6.54 Å². The van der Waals surface area contributed by atoms with Crippen LogP contribution in [-0.2, 0) is 6.54 Å². The maximum Gasteiger partial charge on any atom is 0.123 e. The van der Waals surface area contributed by atoms with Crippen LogP contribution in [0.4, 0.5) is 4.39 Å². The van der Waals surface area contributed by atoms with Gasteiger partial charge in [-0.2, -0.15) is 0 Å². The Kier molecular flexibility index (Phi) is 4.61. The Hall–Kier alpha value is -1.74. The van der Waals surface area contributed by atoms with Crippen molar-refractivity contribution in [2.45, 2.75) is 38.3 Å². The highest BCUT2D eigenvalue weighted by atomic mass is 19.1. The summed E-state index contributed by atoms with van der Waals surface area (Å²) >= 11 is 0. The van der Waals surface area contributed by atoms with Crippen LogP contribution in [-0.4, -0.2) is 16.4 Å². The van der Waals surface area contributed by atoms with Gasteiger partial charge < -0.3 is 0 Å². The van der Waals surface area contributed by atoms with Crippen LogP contribution in [0.2, 0.25) is 0 Å². The number of rotatable bonds is 3. The van der Waals surface area contributed by atoms with Crippen molar-refractivity contribution in [1.29, 1.82) is 0 Å². The van der Waals surface area contributed by atoms with E-state index in [4.69, 9.17) is 0 Å². The fourth-order valence-corrected chi connectivity index (χ4v) is 3.19. The molecule has 0 amide bonds. The van der Waals surface area contributed by atoms with Gasteiger partial charge in [0.25, 0.3) is 0 Å². The van der Waals surface area contributed by atoms with Gasteiger partial charge in [-0.15, -0.1) is 0 Å². The van der Waals surface area contributed by atoms with Gasteiger partial charge in [-0.25, -0.2) is 4.39 Å². The second-order valence-electron chi connectivity index (χ2n) is 5.75. The molecule has 2 heterocycles. The molecule has 1 aromatic carbocycles. The average molecular weight is 284 g/mol. The Balaban J connectivity index is 1.82. The van der Waals surface area contributed by atoms with E-state index in [0.29, 0.717) is 6.04 Å². The second-order valence-corrected chi connectivity index (χ2v) is 5.75. The van der Waals surface area contributed by atoms with Gasteiger partial charge in [-0.1, -0.05) is 25.0 Å². The molecule has 1 saturated heterocycles. The van der Waals surface area contributed by atoms with Crippen LogP contribution >= 0.6 is 0 Å². The minimum Gasteiger partial charge on any atom is -0.292 e. The fraction of sp³-hybridized carbons (Fsp3) is 0.389. The van der Waals surface area contributed by atoms with Gasteiger partial charge >= 0.3 is 0 Å². The predicted octanol–water partition coefficient (Wildman–Crippen LogP) is 4.34. The van der Waals surface area contributed by atoms with Gasteiger partial charge in [-0.05, 0) is 54.8 Å².